The number of thiophene rings is 1. The van der Waals surface area contributed by atoms with Gasteiger partial charge in [-0.2, -0.15) is 0 Å². The van der Waals surface area contributed by atoms with Crippen LogP contribution in [0.4, 0.5) is 14.9 Å². The predicted octanol–water partition coefficient (Wildman–Crippen LogP) is 9.67. The molecule has 0 bridgehead atoms. The largest absolute Gasteiger partial charge is 0.491 e. The molecule has 1 aliphatic rings. The van der Waals surface area contributed by atoms with Crippen molar-refractivity contribution < 1.29 is 62.0 Å². The minimum absolute atomic E-state index is 0.00403. The molecule has 8 aromatic rings. The van der Waals surface area contributed by atoms with Crippen molar-refractivity contribution in [3.8, 4) is 50.3 Å². The molecule has 9 rings (SSSR count). The molecule has 0 spiro atoms. The molecule has 3 aromatic heterocycles. The summed E-state index contributed by atoms with van der Waals surface area (Å²) in [7, 11) is -4.25. The summed E-state index contributed by atoms with van der Waals surface area (Å²) in [5.41, 5.74) is 11.8. The molecular formula is C62H64ClFN9O12PS. The van der Waals surface area contributed by atoms with Crippen LogP contribution in [-0.4, -0.2) is 126 Å². The number of carboxylic acids is 1. The van der Waals surface area contributed by atoms with E-state index in [0.29, 0.717) is 120 Å². The average molecular weight is 1240 g/mol. The van der Waals surface area contributed by atoms with Gasteiger partial charge >= 0.3 is 19.7 Å². The molecule has 454 valence electrons. The zero-order chi connectivity index (χ0) is 61.9. The molecule has 3 atom stereocenters. The number of carboxylic acid groups (broad SMARTS) is 1. The third kappa shape index (κ3) is 16.4. The van der Waals surface area contributed by atoms with Gasteiger partial charge < -0.3 is 55.1 Å². The fourth-order valence-corrected chi connectivity index (χ4v) is 11.5. The molecule has 3 amide bonds. The Hall–Kier alpha value is -8.41. The number of carbonyl (C=O) groups is 4. The van der Waals surface area contributed by atoms with Crippen LogP contribution in [0.2, 0.25) is 5.02 Å². The van der Waals surface area contributed by atoms with Crippen LogP contribution >= 0.6 is 30.5 Å². The standard InChI is InChI=1S/C62H64ClFN9O12PS/c1-36(2)54(65)58(75)69-38(4)57(74)71-45-19-11-39(12-20-45)32-84-62(78)73-27-25-72(26-28-73)29-30-82-49-22-21-47(37(3)53(49)63)51-52-59(67-35-68-60(52)87-55(51)41-15-17-44(64)18-16-41)85-50(61(76)77)31-43-7-5-6-8-48(43)83-33-46-23-24-66-56(70-46)42-13-9-40(10-14-42)34-86(79,80)81/h5-24,35-36,38,50,54H,25-34,65H2,1-4H3,(H,69,75)(H,71,74)(H,76,77)(H2,79,80,81)/t38-,50+,54-/m0/s1. The van der Waals surface area contributed by atoms with Gasteiger partial charge in [0.15, 0.2) is 5.82 Å². The van der Waals surface area contributed by atoms with Gasteiger partial charge in [0.1, 0.15) is 54.3 Å². The smallest absolute Gasteiger partial charge is 0.410 e. The Morgan fingerprint density at radius 1 is 0.816 bits per heavy atom. The summed E-state index contributed by atoms with van der Waals surface area (Å²) in [6, 6.07) is 30.2. The number of nitrogens with zero attached hydrogens (tertiary/aromatic N) is 6. The number of ether oxygens (including phenoxy) is 4. The lowest BCUT2D eigenvalue weighted by atomic mass is 9.96. The normalized spacial score (nSPS) is 13.8. The second kappa shape index (κ2) is 28.4. The fourth-order valence-electron chi connectivity index (χ4n) is 9.48. The lowest BCUT2D eigenvalue weighted by Gasteiger charge is -2.34. The van der Waals surface area contributed by atoms with Gasteiger partial charge in [-0.05, 0) is 95.6 Å². The highest BCUT2D eigenvalue weighted by atomic mass is 35.5. The van der Waals surface area contributed by atoms with E-state index in [4.69, 9.17) is 36.3 Å². The van der Waals surface area contributed by atoms with Crippen molar-refractivity contribution in [2.24, 2.45) is 11.7 Å². The molecule has 1 aliphatic heterocycles. The molecule has 0 radical (unpaired) electrons. The van der Waals surface area contributed by atoms with E-state index in [2.05, 4.69) is 35.5 Å². The van der Waals surface area contributed by atoms with Crippen molar-refractivity contribution in [2.75, 3.05) is 44.6 Å². The lowest BCUT2D eigenvalue weighted by molar-refractivity contribution is -0.145. The quantitative estimate of drug-likeness (QED) is 0.0307. The Balaban J connectivity index is 0.828. The molecule has 4 heterocycles. The van der Waals surface area contributed by atoms with Crippen LogP contribution in [0.25, 0.3) is 43.2 Å². The zero-order valence-electron chi connectivity index (χ0n) is 47.9. The van der Waals surface area contributed by atoms with Crippen molar-refractivity contribution >= 4 is 70.3 Å². The molecule has 25 heteroatoms. The highest BCUT2D eigenvalue weighted by Crippen LogP contribution is 2.50. The third-order valence-electron chi connectivity index (χ3n) is 14.4. The summed E-state index contributed by atoms with van der Waals surface area (Å²) in [6.07, 6.45) is 0.413. The van der Waals surface area contributed by atoms with E-state index < -0.39 is 61.6 Å². The lowest BCUT2D eigenvalue weighted by Crippen LogP contribution is -2.50. The Bertz CT molecular complexity index is 3810. The highest BCUT2D eigenvalue weighted by Gasteiger charge is 2.30. The number of benzene rings is 5. The van der Waals surface area contributed by atoms with E-state index in [1.165, 1.54) is 29.8 Å². The summed E-state index contributed by atoms with van der Waals surface area (Å²) in [4.78, 5) is 93.0. The van der Waals surface area contributed by atoms with Crippen LogP contribution in [0.1, 0.15) is 48.7 Å². The number of carbonyl (C=O) groups excluding carboxylic acids is 3. The number of nitrogens with two attached hydrogens (primary N) is 1. The summed E-state index contributed by atoms with van der Waals surface area (Å²) in [5, 5.41) is 16.9. The summed E-state index contributed by atoms with van der Waals surface area (Å²) >= 11 is 8.44. The molecule has 0 aliphatic carbocycles. The van der Waals surface area contributed by atoms with Gasteiger partial charge in [0.05, 0.1) is 28.3 Å². The SMILES string of the molecule is Cc1c(-c2c(-c3ccc(F)cc3)sc3ncnc(O[C@H](Cc4ccccc4OCc4ccnc(-c5ccc(CP(=O)(O)O)cc5)n4)C(=O)O)c23)ccc(OCCN2CCN(C(=O)OCc3ccc(NC(=O)[C@H](C)NC(=O)[C@@H](N)C(C)C)cc3)CC2)c1Cl. The van der Waals surface area contributed by atoms with Crippen LogP contribution in [0, 0.1) is 18.7 Å². The minimum Gasteiger partial charge on any atom is -0.491 e. The number of piperazine rings is 1. The molecular weight excluding hydrogens is 1180 g/mol. The number of aromatic nitrogens is 4. The summed E-state index contributed by atoms with van der Waals surface area (Å²) in [5.74, 6) is -1.40. The van der Waals surface area contributed by atoms with Crippen LogP contribution in [0.5, 0.6) is 17.4 Å². The first-order valence-corrected chi connectivity index (χ1v) is 30.8. The van der Waals surface area contributed by atoms with Crippen molar-refractivity contribution in [3.63, 3.8) is 0 Å². The van der Waals surface area contributed by atoms with E-state index in [1.807, 2.05) is 26.8 Å². The monoisotopic (exact) mass is 1240 g/mol. The molecule has 0 unspecified atom stereocenters. The van der Waals surface area contributed by atoms with Crippen LogP contribution in [-0.2, 0) is 49.5 Å². The van der Waals surface area contributed by atoms with Gasteiger partial charge in [-0.3, -0.25) is 19.1 Å². The number of para-hydroxylation sites is 1. The Labute approximate surface area is 509 Å². The second-order valence-corrected chi connectivity index (χ2v) is 24.1. The first-order chi connectivity index (χ1) is 41.7. The van der Waals surface area contributed by atoms with Crippen molar-refractivity contribution in [2.45, 2.75) is 71.7 Å². The van der Waals surface area contributed by atoms with Gasteiger partial charge in [0, 0.05) is 67.0 Å². The van der Waals surface area contributed by atoms with Crippen LogP contribution in [0.3, 0.4) is 0 Å². The van der Waals surface area contributed by atoms with Gasteiger partial charge in [0.2, 0.25) is 23.8 Å². The molecule has 87 heavy (non-hydrogen) atoms. The van der Waals surface area contributed by atoms with Gasteiger partial charge in [0.25, 0.3) is 0 Å². The third-order valence-corrected chi connectivity index (χ3v) is 16.8. The predicted molar refractivity (Wildman–Crippen MR) is 327 cm³/mol. The maximum atomic E-state index is 14.4. The number of amides is 3. The number of hydrogen-bond donors (Lipinski definition) is 6. The Morgan fingerprint density at radius 2 is 1.52 bits per heavy atom. The maximum Gasteiger partial charge on any atom is 0.410 e. The fraction of sp³-hybridized carbons (Fsp3) is 0.290. The van der Waals surface area contributed by atoms with Crippen molar-refractivity contribution in [1.29, 1.82) is 0 Å². The molecule has 7 N–H and O–H groups in total. The summed E-state index contributed by atoms with van der Waals surface area (Å²) < 4.78 is 50.4. The van der Waals surface area contributed by atoms with Crippen molar-refractivity contribution in [1.82, 2.24) is 35.1 Å². The first kappa shape index (κ1) is 63.1. The van der Waals surface area contributed by atoms with Gasteiger partial charge in [-0.15, -0.1) is 11.3 Å². The van der Waals surface area contributed by atoms with E-state index in [9.17, 15) is 43.0 Å². The van der Waals surface area contributed by atoms with E-state index >= 15 is 0 Å². The number of halogens is 2. The number of hydrogen-bond acceptors (Lipinski definition) is 16. The van der Waals surface area contributed by atoms with Crippen LogP contribution < -0.4 is 30.6 Å². The molecule has 1 fully saturated rings. The van der Waals surface area contributed by atoms with Crippen LogP contribution in [0.15, 0.2) is 128 Å². The van der Waals surface area contributed by atoms with E-state index in [-0.39, 0.29) is 38.0 Å². The Kier molecular flexibility index (Phi) is 20.6. The molecule has 1 saturated heterocycles. The first-order valence-electron chi connectivity index (χ1n) is 27.8. The topological polar surface area (TPSA) is 291 Å². The number of anilines is 1. The molecule has 5 aromatic carbocycles. The number of aliphatic carboxylic acids is 1. The summed E-state index contributed by atoms with van der Waals surface area (Å²) in [6.45, 7) is 9.93. The highest BCUT2D eigenvalue weighted by molar-refractivity contribution is 7.50. The number of rotatable bonds is 24. The molecule has 21 nitrogen and oxygen atoms in total. The minimum atomic E-state index is -4.25. The van der Waals surface area contributed by atoms with E-state index in [0.717, 1.165) is 5.56 Å². The van der Waals surface area contributed by atoms with E-state index in [1.54, 1.807) is 115 Å². The zero-order valence-corrected chi connectivity index (χ0v) is 50.4. The average Bonchev–Trinajstić information content (AvgIpc) is 1.70. The van der Waals surface area contributed by atoms with Crippen molar-refractivity contribution in [3.05, 3.63) is 167 Å². The van der Waals surface area contributed by atoms with Gasteiger partial charge in [-0.25, -0.2) is 33.9 Å². The molecule has 0 saturated carbocycles. The van der Waals surface area contributed by atoms with Gasteiger partial charge in [-0.1, -0.05) is 98.2 Å². The number of fused-ring (bicyclic) bond motifs is 1. The maximum absolute atomic E-state index is 14.4. The second-order valence-electron chi connectivity index (χ2n) is 21.1. The number of nitrogens with one attached hydrogen (secondary N) is 2. The Morgan fingerprint density at radius 3 is 2.22 bits per heavy atom.